The van der Waals surface area contributed by atoms with E-state index in [1.807, 2.05) is 49.5 Å². The topological polar surface area (TPSA) is 32.3 Å². The Morgan fingerprint density at radius 3 is 2.73 bits per heavy atom. The zero-order chi connectivity index (χ0) is 17.5. The fourth-order valence-electron chi connectivity index (χ4n) is 3.27. The molecule has 1 atom stereocenters. The van der Waals surface area contributed by atoms with E-state index in [4.69, 9.17) is 0 Å². The molecule has 3 nitrogen and oxygen atoms in total. The molecule has 0 aliphatic carbocycles. The Labute approximate surface area is 162 Å². The highest BCUT2D eigenvalue weighted by molar-refractivity contribution is 5.94. The van der Waals surface area contributed by atoms with Crippen LogP contribution in [0.3, 0.4) is 0 Å². The minimum atomic E-state index is 0. The highest BCUT2D eigenvalue weighted by Gasteiger charge is 2.16. The first-order valence-electron chi connectivity index (χ1n) is 8.99. The standard InChI is InChI=1S/C22H26N2O.ClH/c1-24(14-6-10-18-7-3-2-4-8-18)22(25)21-11-5-9-19(16-21)15-20-12-13-23-17-20;/h2-11,16,20,23H,12-15,17H2,1H3;1H/b10-6+;. The van der Waals surface area contributed by atoms with Crippen LogP contribution in [0.15, 0.2) is 60.7 Å². The summed E-state index contributed by atoms with van der Waals surface area (Å²) in [4.78, 5) is 14.4. The van der Waals surface area contributed by atoms with Crippen LogP contribution >= 0.6 is 12.4 Å². The average Bonchev–Trinajstić information content (AvgIpc) is 3.15. The lowest BCUT2D eigenvalue weighted by molar-refractivity contribution is 0.0810. The second kappa shape index (κ2) is 10.1. The number of nitrogens with one attached hydrogen (secondary N) is 1. The summed E-state index contributed by atoms with van der Waals surface area (Å²) in [6.07, 6.45) is 6.35. The van der Waals surface area contributed by atoms with Crippen molar-refractivity contribution in [2.24, 2.45) is 5.92 Å². The summed E-state index contributed by atoms with van der Waals surface area (Å²) < 4.78 is 0. The molecule has 1 aliphatic heterocycles. The molecule has 0 radical (unpaired) electrons. The first-order valence-corrected chi connectivity index (χ1v) is 8.99. The normalized spacial score (nSPS) is 16.4. The summed E-state index contributed by atoms with van der Waals surface area (Å²) >= 11 is 0. The zero-order valence-corrected chi connectivity index (χ0v) is 16.0. The number of rotatable bonds is 6. The molecule has 2 aromatic carbocycles. The molecule has 0 spiro atoms. The van der Waals surface area contributed by atoms with E-state index in [2.05, 4.69) is 29.6 Å². The monoisotopic (exact) mass is 370 g/mol. The second-order valence-corrected chi connectivity index (χ2v) is 6.76. The molecule has 2 aromatic rings. The van der Waals surface area contributed by atoms with Gasteiger partial charge in [-0.1, -0.05) is 54.6 Å². The van der Waals surface area contributed by atoms with Crippen LogP contribution in [0.25, 0.3) is 6.08 Å². The molecule has 1 unspecified atom stereocenters. The third kappa shape index (κ3) is 5.72. The van der Waals surface area contributed by atoms with Crippen LogP contribution in [-0.2, 0) is 6.42 Å². The average molecular weight is 371 g/mol. The highest BCUT2D eigenvalue weighted by atomic mass is 35.5. The summed E-state index contributed by atoms with van der Waals surface area (Å²) in [5.74, 6) is 0.765. The lowest BCUT2D eigenvalue weighted by Gasteiger charge is -2.16. The van der Waals surface area contributed by atoms with Crippen molar-refractivity contribution in [1.82, 2.24) is 10.2 Å². The Morgan fingerprint density at radius 1 is 1.19 bits per heavy atom. The van der Waals surface area contributed by atoms with E-state index in [0.29, 0.717) is 12.5 Å². The van der Waals surface area contributed by atoms with Gasteiger partial charge in [-0.2, -0.15) is 0 Å². The summed E-state index contributed by atoms with van der Waals surface area (Å²) in [7, 11) is 1.85. The van der Waals surface area contributed by atoms with Gasteiger partial charge in [-0.15, -0.1) is 12.4 Å². The fraction of sp³-hybridized carbons (Fsp3) is 0.318. The Hall–Kier alpha value is -2.10. The van der Waals surface area contributed by atoms with Crippen molar-refractivity contribution < 1.29 is 4.79 Å². The quantitative estimate of drug-likeness (QED) is 0.832. The largest absolute Gasteiger partial charge is 0.338 e. The molecule has 1 amide bonds. The first-order chi connectivity index (χ1) is 12.2. The maximum atomic E-state index is 12.7. The molecule has 26 heavy (non-hydrogen) atoms. The predicted octanol–water partition coefficient (Wildman–Crippen LogP) is 4.05. The van der Waals surface area contributed by atoms with Gasteiger partial charge in [-0.25, -0.2) is 0 Å². The smallest absolute Gasteiger partial charge is 0.253 e. The molecular formula is C22H27ClN2O. The molecule has 1 heterocycles. The highest BCUT2D eigenvalue weighted by Crippen LogP contribution is 2.17. The van der Waals surface area contributed by atoms with Crippen molar-refractivity contribution in [1.29, 1.82) is 0 Å². The Morgan fingerprint density at radius 2 is 2.00 bits per heavy atom. The van der Waals surface area contributed by atoms with Gasteiger partial charge in [0.05, 0.1) is 0 Å². The lowest BCUT2D eigenvalue weighted by atomic mass is 9.97. The lowest BCUT2D eigenvalue weighted by Crippen LogP contribution is -2.26. The Balaban J connectivity index is 0.00000243. The maximum absolute atomic E-state index is 12.7. The van der Waals surface area contributed by atoms with Gasteiger partial charge < -0.3 is 10.2 Å². The molecular weight excluding hydrogens is 344 g/mol. The third-order valence-corrected chi connectivity index (χ3v) is 4.70. The van der Waals surface area contributed by atoms with E-state index < -0.39 is 0 Å². The van der Waals surface area contributed by atoms with Gasteiger partial charge in [-0.05, 0) is 55.1 Å². The Kier molecular flexibility index (Phi) is 7.89. The molecule has 0 bridgehead atoms. The van der Waals surface area contributed by atoms with Crippen LogP contribution in [0, 0.1) is 5.92 Å². The van der Waals surface area contributed by atoms with Crippen LogP contribution in [0.5, 0.6) is 0 Å². The van der Waals surface area contributed by atoms with Crippen LogP contribution in [-0.4, -0.2) is 37.5 Å². The number of carbonyl (C=O) groups excluding carboxylic acids is 1. The van der Waals surface area contributed by atoms with Gasteiger partial charge in [0.1, 0.15) is 0 Å². The van der Waals surface area contributed by atoms with Crippen LogP contribution in [0.2, 0.25) is 0 Å². The molecule has 0 aromatic heterocycles. The predicted molar refractivity (Wildman–Crippen MR) is 111 cm³/mol. The molecule has 138 valence electrons. The van der Waals surface area contributed by atoms with Crippen molar-refractivity contribution in [3.05, 3.63) is 77.4 Å². The number of hydrogen-bond acceptors (Lipinski definition) is 2. The number of halogens is 1. The third-order valence-electron chi connectivity index (χ3n) is 4.70. The first kappa shape index (κ1) is 20.2. The minimum Gasteiger partial charge on any atom is -0.338 e. The van der Waals surface area contributed by atoms with E-state index in [9.17, 15) is 4.79 Å². The van der Waals surface area contributed by atoms with E-state index >= 15 is 0 Å². The molecule has 1 N–H and O–H groups in total. The van der Waals surface area contributed by atoms with Gasteiger partial charge in [-0.3, -0.25) is 4.79 Å². The maximum Gasteiger partial charge on any atom is 0.253 e. The zero-order valence-electron chi connectivity index (χ0n) is 15.2. The Bertz CT molecular complexity index is 724. The van der Waals surface area contributed by atoms with Crippen LogP contribution in [0.1, 0.15) is 27.9 Å². The fourth-order valence-corrected chi connectivity index (χ4v) is 3.27. The molecule has 1 aliphatic rings. The molecule has 1 saturated heterocycles. The second-order valence-electron chi connectivity index (χ2n) is 6.76. The SMILES string of the molecule is CN(C/C=C/c1ccccc1)C(=O)c1cccc(CC2CCNC2)c1.Cl. The van der Waals surface area contributed by atoms with Crippen molar-refractivity contribution in [3.8, 4) is 0 Å². The number of hydrogen-bond donors (Lipinski definition) is 1. The van der Waals surface area contributed by atoms with Gasteiger partial charge in [0.2, 0.25) is 0 Å². The van der Waals surface area contributed by atoms with Gasteiger partial charge in [0.15, 0.2) is 0 Å². The van der Waals surface area contributed by atoms with Crippen molar-refractivity contribution >= 4 is 24.4 Å². The van der Waals surface area contributed by atoms with E-state index in [1.165, 1.54) is 12.0 Å². The molecule has 4 heteroatoms. The summed E-state index contributed by atoms with van der Waals surface area (Å²) in [6, 6.07) is 18.2. The van der Waals surface area contributed by atoms with Crippen molar-refractivity contribution in [2.45, 2.75) is 12.8 Å². The molecule has 3 rings (SSSR count). The van der Waals surface area contributed by atoms with Gasteiger partial charge >= 0.3 is 0 Å². The van der Waals surface area contributed by atoms with Crippen LogP contribution < -0.4 is 5.32 Å². The summed E-state index contributed by atoms with van der Waals surface area (Å²) in [6.45, 7) is 2.80. The number of benzene rings is 2. The summed E-state index contributed by atoms with van der Waals surface area (Å²) in [5, 5.41) is 3.40. The number of amides is 1. The molecule has 0 saturated carbocycles. The summed E-state index contributed by atoms with van der Waals surface area (Å²) in [5.41, 5.74) is 3.18. The van der Waals surface area contributed by atoms with Crippen LogP contribution in [0.4, 0.5) is 0 Å². The van der Waals surface area contributed by atoms with E-state index in [0.717, 1.165) is 30.6 Å². The number of likely N-dealkylation sites (N-methyl/N-ethyl adjacent to an activating group) is 1. The van der Waals surface area contributed by atoms with Crippen molar-refractivity contribution in [2.75, 3.05) is 26.7 Å². The molecule has 1 fully saturated rings. The van der Waals surface area contributed by atoms with Gasteiger partial charge in [0, 0.05) is 19.2 Å². The van der Waals surface area contributed by atoms with E-state index in [-0.39, 0.29) is 18.3 Å². The van der Waals surface area contributed by atoms with Crippen molar-refractivity contribution in [3.63, 3.8) is 0 Å². The number of nitrogens with zero attached hydrogens (tertiary/aromatic N) is 1. The number of carbonyl (C=O) groups is 1. The van der Waals surface area contributed by atoms with Gasteiger partial charge in [0.25, 0.3) is 5.91 Å². The van der Waals surface area contributed by atoms with E-state index in [1.54, 1.807) is 4.90 Å². The minimum absolute atomic E-state index is 0.